The molecule has 2 aromatic rings. The first-order valence-corrected chi connectivity index (χ1v) is 8.57. The summed E-state index contributed by atoms with van der Waals surface area (Å²) < 4.78 is 0. The van der Waals surface area contributed by atoms with Crippen LogP contribution < -0.4 is 10.6 Å². The first-order chi connectivity index (χ1) is 11.9. The van der Waals surface area contributed by atoms with E-state index in [0.717, 1.165) is 11.3 Å². The topological polar surface area (TPSA) is 86.9 Å². The molecule has 1 heterocycles. The molecule has 0 aliphatic rings. The molecule has 6 nitrogen and oxygen atoms in total. The molecule has 0 radical (unpaired) electrons. The summed E-state index contributed by atoms with van der Waals surface area (Å²) >= 11 is 0. The number of H-pyrrole nitrogens is 1. The molecular weight excluding hydrogens is 316 g/mol. The molecule has 6 heteroatoms. The van der Waals surface area contributed by atoms with Gasteiger partial charge in [0.1, 0.15) is 6.04 Å². The zero-order valence-corrected chi connectivity index (χ0v) is 15.2. The van der Waals surface area contributed by atoms with Crippen LogP contribution in [0.15, 0.2) is 36.5 Å². The smallest absolute Gasteiger partial charge is 0.247 e. The lowest BCUT2D eigenvalue weighted by atomic mass is 10.0. The van der Waals surface area contributed by atoms with Crippen molar-refractivity contribution in [2.45, 2.75) is 40.2 Å². The van der Waals surface area contributed by atoms with E-state index in [0.29, 0.717) is 12.1 Å². The van der Waals surface area contributed by atoms with E-state index in [4.69, 9.17) is 0 Å². The van der Waals surface area contributed by atoms with Gasteiger partial charge in [-0.3, -0.25) is 14.7 Å². The third-order valence-corrected chi connectivity index (χ3v) is 3.82. The summed E-state index contributed by atoms with van der Waals surface area (Å²) in [6, 6.07) is 8.81. The predicted octanol–water partition coefficient (Wildman–Crippen LogP) is 3.20. The molecule has 1 aromatic heterocycles. The van der Waals surface area contributed by atoms with Crippen LogP contribution in [-0.2, 0) is 9.59 Å². The molecule has 0 aliphatic heterocycles. The standard InChI is InChI=1S/C19H26N4O2/c1-12(2)11-17(24)22-18(13(3)4)19(25)21-15-7-5-14(6-8-15)16-9-10-20-23-16/h5-10,12-13,18H,11H2,1-4H3,(H,20,23)(H,21,25)(H,22,24). The van der Waals surface area contributed by atoms with E-state index in [1.807, 2.05) is 58.0 Å². The molecular formula is C19H26N4O2. The number of hydrogen-bond donors (Lipinski definition) is 3. The Bertz CT molecular complexity index is 691. The number of aromatic nitrogens is 2. The van der Waals surface area contributed by atoms with Gasteiger partial charge in [-0.1, -0.05) is 39.8 Å². The summed E-state index contributed by atoms with van der Waals surface area (Å²) in [6.45, 7) is 7.79. The summed E-state index contributed by atoms with van der Waals surface area (Å²) in [6.07, 6.45) is 2.10. The number of carbonyl (C=O) groups is 2. The minimum atomic E-state index is -0.557. The SMILES string of the molecule is CC(C)CC(=O)NC(C(=O)Nc1ccc(-c2ccn[nH]2)cc1)C(C)C. The molecule has 0 saturated carbocycles. The van der Waals surface area contributed by atoms with E-state index < -0.39 is 6.04 Å². The van der Waals surface area contributed by atoms with Gasteiger partial charge in [0.15, 0.2) is 0 Å². The van der Waals surface area contributed by atoms with Gasteiger partial charge in [-0.05, 0) is 35.6 Å². The highest BCUT2D eigenvalue weighted by molar-refractivity contribution is 5.97. The van der Waals surface area contributed by atoms with Crippen molar-refractivity contribution in [2.24, 2.45) is 11.8 Å². The molecule has 1 aromatic carbocycles. The molecule has 2 amide bonds. The quantitative estimate of drug-likeness (QED) is 0.722. The van der Waals surface area contributed by atoms with Gasteiger partial charge in [-0.25, -0.2) is 0 Å². The maximum absolute atomic E-state index is 12.5. The Morgan fingerprint density at radius 1 is 1.08 bits per heavy atom. The summed E-state index contributed by atoms with van der Waals surface area (Å²) in [5, 5.41) is 12.5. The molecule has 2 rings (SSSR count). The van der Waals surface area contributed by atoms with Crippen LogP contribution in [-0.4, -0.2) is 28.1 Å². The van der Waals surface area contributed by atoms with E-state index >= 15 is 0 Å². The molecule has 3 N–H and O–H groups in total. The zero-order chi connectivity index (χ0) is 18.4. The van der Waals surface area contributed by atoms with Crippen molar-refractivity contribution in [1.82, 2.24) is 15.5 Å². The number of benzene rings is 1. The highest BCUT2D eigenvalue weighted by atomic mass is 16.2. The Morgan fingerprint density at radius 3 is 2.28 bits per heavy atom. The maximum atomic E-state index is 12.5. The minimum Gasteiger partial charge on any atom is -0.344 e. The lowest BCUT2D eigenvalue weighted by Gasteiger charge is -2.22. The number of rotatable bonds is 7. The number of nitrogens with one attached hydrogen (secondary N) is 3. The average Bonchev–Trinajstić information content (AvgIpc) is 3.06. The molecule has 0 aliphatic carbocycles. The van der Waals surface area contributed by atoms with Gasteiger partial charge in [0.05, 0.1) is 5.69 Å². The fourth-order valence-corrected chi connectivity index (χ4v) is 2.51. The minimum absolute atomic E-state index is 0.000351. The maximum Gasteiger partial charge on any atom is 0.247 e. The first kappa shape index (κ1) is 18.7. The van der Waals surface area contributed by atoms with E-state index in [-0.39, 0.29) is 23.7 Å². The van der Waals surface area contributed by atoms with Crippen LogP contribution in [0.3, 0.4) is 0 Å². The number of amides is 2. The third kappa shape index (κ3) is 5.45. The normalized spacial score (nSPS) is 12.2. The second-order valence-electron chi connectivity index (χ2n) is 6.92. The van der Waals surface area contributed by atoms with Crippen LogP contribution >= 0.6 is 0 Å². The van der Waals surface area contributed by atoms with Crippen LogP contribution in [0.5, 0.6) is 0 Å². The molecule has 1 unspecified atom stereocenters. The first-order valence-electron chi connectivity index (χ1n) is 8.57. The largest absolute Gasteiger partial charge is 0.344 e. The monoisotopic (exact) mass is 342 g/mol. The highest BCUT2D eigenvalue weighted by Crippen LogP contribution is 2.19. The van der Waals surface area contributed by atoms with Crippen LogP contribution in [0.1, 0.15) is 34.1 Å². The van der Waals surface area contributed by atoms with Crippen molar-refractivity contribution in [2.75, 3.05) is 5.32 Å². The Morgan fingerprint density at radius 2 is 1.76 bits per heavy atom. The van der Waals surface area contributed by atoms with Gasteiger partial charge in [0, 0.05) is 18.3 Å². The lowest BCUT2D eigenvalue weighted by Crippen LogP contribution is -2.47. The number of carbonyl (C=O) groups excluding carboxylic acids is 2. The molecule has 0 spiro atoms. The number of nitrogens with zero attached hydrogens (tertiary/aromatic N) is 1. The van der Waals surface area contributed by atoms with Gasteiger partial charge in [-0.15, -0.1) is 0 Å². The number of anilines is 1. The fraction of sp³-hybridized carbons (Fsp3) is 0.421. The Labute approximate surface area is 148 Å². The second kappa shape index (κ2) is 8.46. The fourth-order valence-electron chi connectivity index (χ4n) is 2.51. The van der Waals surface area contributed by atoms with Gasteiger partial charge in [0.2, 0.25) is 11.8 Å². The summed E-state index contributed by atoms with van der Waals surface area (Å²) in [7, 11) is 0. The Kier molecular flexibility index (Phi) is 6.33. The molecule has 1 atom stereocenters. The van der Waals surface area contributed by atoms with Crippen LogP contribution in [0.2, 0.25) is 0 Å². The van der Waals surface area contributed by atoms with E-state index in [1.165, 1.54) is 0 Å². The summed E-state index contributed by atoms with van der Waals surface area (Å²) in [4.78, 5) is 24.5. The van der Waals surface area contributed by atoms with Gasteiger partial charge in [0.25, 0.3) is 0 Å². The summed E-state index contributed by atoms with van der Waals surface area (Å²) in [5.41, 5.74) is 2.59. The van der Waals surface area contributed by atoms with Gasteiger partial charge in [-0.2, -0.15) is 5.10 Å². The van der Waals surface area contributed by atoms with E-state index in [1.54, 1.807) is 6.20 Å². The van der Waals surface area contributed by atoms with Crippen molar-refractivity contribution >= 4 is 17.5 Å². The summed E-state index contributed by atoms with van der Waals surface area (Å²) in [5.74, 6) is -0.0499. The lowest BCUT2D eigenvalue weighted by molar-refractivity contribution is -0.127. The molecule has 134 valence electrons. The van der Waals surface area contributed by atoms with Gasteiger partial charge >= 0.3 is 0 Å². The molecule has 0 saturated heterocycles. The van der Waals surface area contributed by atoms with Crippen LogP contribution in [0.25, 0.3) is 11.3 Å². The molecule has 25 heavy (non-hydrogen) atoms. The van der Waals surface area contributed by atoms with Crippen molar-refractivity contribution in [1.29, 1.82) is 0 Å². The van der Waals surface area contributed by atoms with E-state index in [9.17, 15) is 9.59 Å². The predicted molar refractivity (Wildman–Crippen MR) is 98.9 cm³/mol. The Balaban J connectivity index is 2.01. The number of hydrogen-bond acceptors (Lipinski definition) is 3. The van der Waals surface area contributed by atoms with Crippen molar-refractivity contribution in [3.8, 4) is 11.3 Å². The number of aromatic amines is 1. The van der Waals surface area contributed by atoms with Crippen molar-refractivity contribution in [3.63, 3.8) is 0 Å². The van der Waals surface area contributed by atoms with Crippen LogP contribution in [0, 0.1) is 11.8 Å². The molecule has 0 bridgehead atoms. The third-order valence-electron chi connectivity index (χ3n) is 3.82. The van der Waals surface area contributed by atoms with E-state index in [2.05, 4.69) is 20.8 Å². The van der Waals surface area contributed by atoms with Gasteiger partial charge < -0.3 is 10.6 Å². The zero-order valence-electron chi connectivity index (χ0n) is 15.2. The second-order valence-corrected chi connectivity index (χ2v) is 6.92. The average molecular weight is 342 g/mol. The van der Waals surface area contributed by atoms with Crippen molar-refractivity contribution in [3.05, 3.63) is 36.5 Å². The van der Waals surface area contributed by atoms with Crippen molar-refractivity contribution < 1.29 is 9.59 Å². The Hall–Kier alpha value is -2.63. The molecule has 0 fully saturated rings. The van der Waals surface area contributed by atoms with Crippen LogP contribution in [0.4, 0.5) is 5.69 Å². The highest BCUT2D eigenvalue weighted by Gasteiger charge is 2.24.